The highest BCUT2D eigenvalue weighted by Crippen LogP contribution is 2.28. The summed E-state index contributed by atoms with van der Waals surface area (Å²) in [5.74, 6) is -0.0866. The van der Waals surface area contributed by atoms with Crippen molar-refractivity contribution in [2.45, 2.75) is 6.92 Å². The van der Waals surface area contributed by atoms with E-state index in [4.69, 9.17) is 0 Å². The summed E-state index contributed by atoms with van der Waals surface area (Å²) in [6.45, 7) is 1.99. The number of imidazole rings is 1. The molecular formula is C23H17N3OS. The highest BCUT2D eigenvalue weighted by Gasteiger charge is 2.13. The number of aromatic nitrogens is 2. The minimum atomic E-state index is -0.0866. The van der Waals surface area contributed by atoms with Gasteiger partial charge in [-0.25, -0.2) is 4.98 Å². The SMILES string of the molecule is Cc1ccc(-c2cn3ccccc3n2)cc1NC(=O)c1cc2ccccc2s1. The van der Waals surface area contributed by atoms with Crippen LogP contribution in [0.25, 0.3) is 27.0 Å². The first-order valence-electron chi connectivity index (χ1n) is 9.02. The zero-order chi connectivity index (χ0) is 19.1. The van der Waals surface area contributed by atoms with Crippen molar-refractivity contribution in [2.75, 3.05) is 5.32 Å². The molecule has 0 atom stereocenters. The van der Waals surface area contributed by atoms with Gasteiger partial charge < -0.3 is 9.72 Å². The smallest absolute Gasteiger partial charge is 0.265 e. The van der Waals surface area contributed by atoms with Crippen LogP contribution < -0.4 is 5.32 Å². The topological polar surface area (TPSA) is 46.4 Å². The summed E-state index contributed by atoms with van der Waals surface area (Å²) in [6.07, 6.45) is 3.97. The van der Waals surface area contributed by atoms with Crippen LogP contribution in [0.5, 0.6) is 0 Å². The number of carbonyl (C=O) groups excluding carboxylic acids is 1. The van der Waals surface area contributed by atoms with Gasteiger partial charge in [-0.15, -0.1) is 11.3 Å². The second-order valence-corrected chi connectivity index (χ2v) is 7.81. The lowest BCUT2D eigenvalue weighted by atomic mass is 10.1. The molecule has 5 rings (SSSR count). The monoisotopic (exact) mass is 383 g/mol. The molecule has 5 aromatic rings. The van der Waals surface area contributed by atoms with Crippen molar-refractivity contribution in [3.05, 3.63) is 89.6 Å². The minimum Gasteiger partial charge on any atom is -0.321 e. The standard InChI is InChI=1S/C23H17N3OS/c1-15-9-10-16(19-14-26-11-5-4-8-22(26)24-19)12-18(15)25-23(27)21-13-17-6-2-3-7-20(17)28-21/h2-14H,1H3,(H,25,27). The van der Waals surface area contributed by atoms with E-state index in [0.29, 0.717) is 4.88 Å². The fourth-order valence-electron chi connectivity index (χ4n) is 3.27. The van der Waals surface area contributed by atoms with Gasteiger partial charge in [-0.1, -0.05) is 36.4 Å². The van der Waals surface area contributed by atoms with Crippen LogP contribution in [0.2, 0.25) is 0 Å². The quantitative estimate of drug-likeness (QED) is 0.429. The Morgan fingerprint density at radius 2 is 1.89 bits per heavy atom. The third kappa shape index (κ3) is 2.96. The molecule has 3 heterocycles. The molecule has 2 aromatic carbocycles. The molecule has 0 unspecified atom stereocenters. The van der Waals surface area contributed by atoms with Crippen molar-refractivity contribution < 1.29 is 4.79 Å². The van der Waals surface area contributed by atoms with Gasteiger partial charge >= 0.3 is 0 Å². The maximum Gasteiger partial charge on any atom is 0.265 e. The minimum absolute atomic E-state index is 0.0866. The lowest BCUT2D eigenvalue weighted by molar-refractivity contribution is 0.103. The maximum absolute atomic E-state index is 12.8. The van der Waals surface area contributed by atoms with E-state index in [9.17, 15) is 4.79 Å². The average Bonchev–Trinajstić information content (AvgIpc) is 3.33. The summed E-state index contributed by atoms with van der Waals surface area (Å²) in [6, 6.07) is 21.9. The van der Waals surface area contributed by atoms with Crippen molar-refractivity contribution >= 4 is 38.7 Å². The third-order valence-corrected chi connectivity index (χ3v) is 5.91. The first-order chi connectivity index (χ1) is 13.7. The van der Waals surface area contributed by atoms with Crippen LogP contribution in [-0.2, 0) is 0 Å². The van der Waals surface area contributed by atoms with Crippen LogP contribution in [-0.4, -0.2) is 15.3 Å². The number of nitrogens with one attached hydrogen (secondary N) is 1. The molecule has 136 valence electrons. The van der Waals surface area contributed by atoms with E-state index in [0.717, 1.165) is 38.2 Å². The van der Waals surface area contributed by atoms with Crippen molar-refractivity contribution in [3.8, 4) is 11.3 Å². The molecule has 1 N–H and O–H groups in total. The predicted octanol–water partition coefficient (Wildman–Crippen LogP) is 5.78. The molecule has 0 spiro atoms. The predicted molar refractivity (Wildman–Crippen MR) is 115 cm³/mol. The first-order valence-corrected chi connectivity index (χ1v) is 9.84. The van der Waals surface area contributed by atoms with Crippen LogP contribution in [0.3, 0.4) is 0 Å². The van der Waals surface area contributed by atoms with Gasteiger partial charge in [-0.2, -0.15) is 0 Å². The summed E-state index contributed by atoms with van der Waals surface area (Å²) >= 11 is 1.51. The summed E-state index contributed by atoms with van der Waals surface area (Å²) < 4.78 is 3.10. The molecule has 3 aromatic heterocycles. The Labute approximate surface area is 166 Å². The van der Waals surface area contributed by atoms with Crippen molar-refractivity contribution in [2.24, 2.45) is 0 Å². The van der Waals surface area contributed by atoms with Crippen molar-refractivity contribution in [3.63, 3.8) is 0 Å². The number of hydrogen-bond acceptors (Lipinski definition) is 3. The van der Waals surface area contributed by atoms with Gasteiger partial charge in [0.15, 0.2) is 0 Å². The van der Waals surface area contributed by atoms with Gasteiger partial charge in [0.05, 0.1) is 10.6 Å². The lowest BCUT2D eigenvalue weighted by Crippen LogP contribution is -2.11. The van der Waals surface area contributed by atoms with E-state index in [-0.39, 0.29) is 5.91 Å². The fraction of sp³-hybridized carbons (Fsp3) is 0.0435. The highest BCUT2D eigenvalue weighted by atomic mass is 32.1. The van der Waals surface area contributed by atoms with E-state index >= 15 is 0 Å². The van der Waals surface area contributed by atoms with Gasteiger partial charge in [-0.05, 0) is 48.2 Å². The Balaban J connectivity index is 1.47. The normalized spacial score (nSPS) is 11.2. The third-order valence-electron chi connectivity index (χ3n) is 4.79. The number of hydrogen-bond donors (Lipinski definition) is 1. The van der Waals surface area contributed by atoms with Crippen LogP contribution >= 0.6 is 11.3 Å². The Morgan fingerprint density at radius 1 is 1.04 bits per heavy atom. The number of anilines is 1. The van der Waals surface area contributed by atoms with Gasteiger partial charge in [-0.3, -0.25) is 4.79 Å². The summed E-state index contributed by atoms with van der Waals surface area (Å²) in [5.41, 5.74) is 4.57. The van der Waals surface area contributed by atoms with E-state index in [2.05, 4.69) is 10.3 Å². The molecule has 0 radical (unpaired) electrons. The molecular weight excluding hydrogens is 366 g/mol. The summed E-state index contributed by atoms with van der Waals surface area (Å²) in [4.78, 5) is 18.2. The largest absolute Gasteiger partial charge is 0.321 e. The van der Waals surface area contributed by atoms with E-state index in [1.165, 1.54) is 11.3 Å². The average molecular weight is 383 g/mol. The first kappa shape index (κ1) is 16.7. The van der Waals surface area contributed by atoms with Gasteiger partial charge in [0.25, 0.3) is 5.91 Å². The Kier molecular flexibility index (Phi) is 3.95. The Bertz CT molecular complexity index is 1270. The molecule has 0 bridgehead atoms. The van der Waals surface area contributed by atoms with Gasteiger partial charge in [0, 0.05) is 28.3 Å². The zero-order valence-electron chi connectivity index (χ0n) is 15.2. The number of nitrogens with zero attached hydrogens (tertiary/aromatic N) is 2. The summed E-state index contributed by atoms with van der Waals surface area (Å²) in [5, 5.41) is 4.16. The van der Waals surface area contributed by atoms with Crippen LogP contribution in [0.4, 0.5) is 5.69 Å². The second kappa shape index (κ2) is 6.62. The Morgan fingerprint density at radius 3 is 2.75 bits per heavy atom. The van der Waals surface area contributed by atoms with Gasteiger partial charge in [0.2, 0.25) is 0 Å². The Hall–Kier alpha value is -3.44. The molecule has 4 nitrogen and oxygen atoms in total. The second-order valence-electron chi connectivity index (χ2n) is 6.72. The fourth-order valence-corrected chi connectivity index (χ4v) is 4.23. The molecule has 0 saturated carbocycles. The molecule has 1 amide bonds. The van der Waals surface area contributed by atoms with E-state index < -0.39 is 0 Å². The van der Waals surface area contributed by atoms with E-state index in [1.807, 2.05) is 90.4 Å². The zero-order valence-corrected chi connectivity index (χ0v) is 16.0. The summed E-state index contributed by atoms with van der Waals surface area (Å²) in [7, 11) is 0. The van der Waals surface area contributed by atoms with Crippen molar-refractivity contribution in [1.29, 1.82) is 0 Å². The van der Waals surface area contributed by atoms with Crippen LogP contribution in [0, 0.1) is 6.92 Å². The molecule has 5 heteroatoms. The number of thiophene rings is 1. The number of carbonyl (C=O) groups is 1. The number of rotatable bonds is 3. The number of aryl methyl sites for hydroxylation is 1. The van der Waals surface area contributed by atoms with Crippen LogP contribution in [0.15, 0.2) is 79.1 Å². The van der Waals surface area contributed by atoms with Gasteiger partial charge in [0.1, 0.15) is 5.65 Å². The molecule has 0 saturated heterocycles. The molecule has 0 aliphatic rings. The van der Waals surface area contributed by atoms with Crippen LogP contribution in [0.1, 0.15) is 15.2 Å². The molecule has 0 fully saturated rings. The molecule has 28 heavy (non-hydrogen) atoms. The maximum atomic E-state index is 12.8. The lowest BCUT2D eigenvalue weighted by Gasteiger charge is -2.09. The number of benzene rings is 2. The number of pyridine rings is 1. The molecule has 0 aliphatic heterocycles. The van der Waals surface area contributed by atoms with Crippen molar-refractivity contribution in [1.82, 2.24) is 9.38 Å². The highest BCUT2D eigenvalue weighted by molar-refractivity contribution is 7.20. The number of amides is 1. The molecule has 0 aliphatic carbocycles. The van der Waals surface area contributed by atoms with E-state index in [1.54, 1.807) is 0 Å². The number of fused-ring (bicyclic) bond motifs is 2.